The van der Waals surface area contributed by atoms with Crippen LogP contribution in [0.4, 0.5) is 0 Å². The number of carbonyl (C=O) groups excluding carboxylic acids is 1. The van der Waals surface area contributed by atoms with Crippen molar-refractivity contribution in [2.75, 3.05) is 13.2 Å². The second-order valence-electron chi connectivity index (χ2n) is 6.69. The third kappa shape index (κ3) is 4.88. The quantitative estimate of drug-likeness (QED) is 0.621. The standard InChI is InChI=1S/C20H20Cl3NO3/c1-12(2)19(25)24-10-16(11-26-15-6-4-14(21)5-7-15)27-20(24)13-3-8-17(22)18(23)9-13/h3-9,12,16,20H,10-11H2,1-2H3/t16-,20+/m0/s1. The van der Waals surface area contributed by atoms with Crippen molar-refractivity contribution >= 4 is 40.7 Å². The first-order valence-electron chi connectivity index (χ1n) is 8.64. The van der Waals surface area contributed by atoms with Gasteiger partial charge in [-0.1, -0.05) is 54.7 Å². The Morgan fingerprint density at radius 2 is 1.85 bits per heavy atom. The summed E-state index contributed by atoms with van der Waals surface area (Å²) < 4.78 is 11.9. The number of amides is 1. The summed E-state index contributed by atoms with van der Waals surface area (Å²) >= 11 is 18.0. The molecule has 0 spiro atoms. The van der Waals surface area contributed by atoms with E-state index < -0.39 is 6.23 Å². The minimum absolute atomic E-state index is 0.0139. The zero-order valence-corrected chi connectivity index (χ0v) is 17.3. The van der Waals surface area contributed by atoms with Crippen LogP contribution in [0.2, 0.25) is 15.1 Å². The fourth-order valence-corrected chi connectivity index (χ4v) is 3.32. The maximum Gasteiger partial charge on any atom is 0.227 e. The molecule has 4 nitrogen and oxygen atoms in total. The maximum atomic E-state index is 12.7. The molecule has 0 radical (unpaired) electrons. The van der Waals surface area contributed by atoms with Gasteiger partial charge >= 0.3 is 0 Å². The van der Waals surface area contributed by atoms with Crippen LogP contribution in [0.25, 0.3) is 0 Å². The molecule has 1 saturated heterocycles. The van der Waals surface area contributed by atoms with Gasteiger partial charge in [-0.15, -0.1) is 0 Å². The van der Waals surface area contributed by atoms with E-state index in [4.69, 9.17) is 44.3 Å². The van der Waals surface area contributed by atoms with Gasteiger partial charge in [-0.2, -0.15) is 0 Å². The van der Waals surface area contributed by atoms with E-state index in [9.17, 15) is 4.79 Å². The van der Waals surface area contributed by atoms with Gasteiger partial charge in [0.05, 0.1) is 16.6 Å². The van der Waals surface area contributed by atoms with E-state index in [-0.39, 0.29) is 17.9 Å². The number of hydrogen-bond donors (Lipinski definition) is 0. The lowest BCUT2D eigenvalue weighted by atomic mass is 10.1. The lowest BCUT2D eigenvalue weighted by Crippen LogP contribution is -2.35. The van der Waals surface area contributed by atoms with E-state index in [2.05, 4.69) is 0 Å². The van der Waals surface area contributed by atoms with Crippen molar-refractivity contribution in [3.8, 4) is 5.75 Å². The van der Waals surface area contributed by atoms with Gasteiger partial charge < -0.3 is 14.4 Å². The smallest absolute Gasteiger partial charge is 0.227 e. The van der Waals surface area contributed by atoms with Gasteiger partial charge in [0.15, 0.2) is 6.23 Å². The first-order valence-corrected chi connectivity index (χ1v) is 9.78. The summed E-state index contributed by atoms with van der Waals surface area (Å²) in [7, 11) is 0. The molecule has 3 rings (SSSR count). The van der Waals surface area contributed by atoms with Crippen LogP contribution in [0.1, 0.15) is 25.6 Å². The highest BCUT2D eigenvalue weighted by Crippen LogP contribution is 2.35. The Morgan fingerprint density at radius 3 is 2.48 bits per heavy atom. The number of rotatable bonds is 5. The number of carbonyl (C=O) groups is 1. The summed E-state index contributed by atoms with van der Waals surface area (Å²) in [6.45, 7) is 4.49. The third-order valence-electron chi connectivity index (χ3n) is 4.26. The first-order chi connectivity index (χ1) is 12.8. The highest BCUT2D eigenvalue weighted by atomic mass is 35.5. The second kappa shape index (κ2) is 8.70. The zero-order valence-electron chi connectivity index (χ0n) is 15.0. The molecular formula is C20H20Cl3NO3. The molecule has 144 valence electrons. The van der Waals surface area contributed by atoms with E-state index in [1.165, 1.54) is 0 Å². The Balaban J connectivity index is 1.75. The molecule has 2 aromatic rings. The summed E-state index contributed by atoms with van der Waals surface area (Å²) in [6.07, 6.45) is -0.781. The van der Waals surface area contributed by atoms with Crippen LogP contribution < -0.4 is 4.74 Å². The fraction of sp³-hybridized carbons (Fsp3) is 0.350. The van der Waals surface area contributed by atoms with Crippen molar-refractivity contribution in [2.24, 2.45) is 5.92 Å². The Kier molecular flexibility index (Phi) is 6.53. The van der Waals surface area contributed by atoms with Gasteiger partial charge in [0, 0.05) is 16.5 Å². The van der Waals surface area contributed by atoms with Crippen molar-refractivity contribution in [1.82, 2.24) is 4.90 Å². The summed E-state index contributed by atoms with van der Waals surface area (Å²) in [6, 6.07) is 12.4. The van der Waals surface area contributed by atoms with Gasteiger partial charge in [-0.05, 0) is 36.4 Å². The summed E-state index contributed by atoms with van der Waals surface area (Å²) in [5, 5.41) is 1.53. The number of hydrogen-bond acceptors (Lipinski definition) is 3. The van der Waals surface area contributed by atoms with Crippen molar-refractivity contribution in [3.05, 3.63) is 63.1 Å². The van der Waals surface area contributed by atoms with E-state index in [0.29, 0.717) is 34.0 Å². The molecule has 1 fully saturated rings. The van der Waals surface area contributed by atoms with Gasteiger partial charge in [-0.3, -0.25) is 4.79 Å². The predicted molar refractivity (Wildman–Crippen MR) is 108 cm³/mol. The van der Waals surface area contributed by atoms with Gasteiger partial charge in [0.25, 0.3) is 0 Å². The minimum atomic E-state index is -0.520. The Labute approximate surface area is 173 Å². The van der Waals surface area contributed by atoms with Crippen LogP contribution in [-0.4, -0.2) is 30.1 Å². The molecule has 1 aliphatic rings. The summed E-state index contributed by atoms with van der Waals surface area (Å²) in [5.74, 6) is 0.567. The lowest BCUT2D eigenvalue weighted by Gasteiger charge is -2.25. The first kappa shape index (κ1) is 20.3. The number of nitrogens with zero attached hydrogens (tertiary/aromatic N) is 1. The second-order valence-corrected chi connectivity index (χ2v) is 7.95. The molecule has 2 atom stereocenters. The molecule has 0 saturated carbocycles. The van der Waals surface area contributed by atoms with Crippen LogP contribution >= 0.6 is 34.8 Å². The predicted octanol–water partition coefficient (Wildman–Crippen LogP) is 5.61. The molecule has 0 unspecified atom stereocenters. The highest BCUT2D eigenvalue weighted by molar-refractivity contribution is 6.42. The molecule has 27 heavy (non-hydrogen) atoms. The molecule has 2 aromatic carbocycles. The monoisotopic (exact) mass is 427 g/mol. The molecule has 1 aliphatic heterocycles. The summed E-state index contributed by atoms with van der Waals surface area (Å²) in [5.41, 5.74) is 0.785. The van der Waals surface area contributed by atoms with Gasteiger partial charge in [-0.25, -0.2) is 0 Å². The number of benzene rings is 2. The Bertz CT molecular complexity index is 811. The molecule has 0 N–H and O–H groups in total. The SMILES string of the molecule is CC(C)C(=O)N1C[C@@H](COc2ccc(Cl)cc2)O[C@@H]1c1ccc(Cl)c(Cl)c1. The maximum absolute atomic E-state index is 12.7. The normalized spacial score (nSPS) is 19.6. The molecule has 7 heteroatoms. The summed E-state index contributed by atoms with van der Waals surface area (Å²) in [4.78, 5) is 14.4. The number of ether oxygens (including phenoxy) is 2. The van der Waals surface area contributed by atoms with Crippen molar-refractivity contribution in [2.45, 2.75) is 26.2 Å². The van der Waals surface area contributed by atoms with Crippen molar-refractivity contribution < 1.29 is 14.3 Å². The van der Waals surface area contributed by atoms with E-state index >= 15 is 0 Å². The van der Waals surface area contributed by atoms with Crippen LogP contribution in [-0.2, 0) is 9.53 Å². The Hall–Kier alpha value is -1.46. The molecule has 1 amide bonds. The minimum Gasteiger partial charge on any atom is -0.491 e. The average Bonchev–Trinajstić information content (AvgIpc) is 3.07. The van der Waals surface area contributed by atoms with Gasteiger partial charge in [0.1, 0.15) is 18.5 Å². The number of halogens is 3. The average molecular weight is 429 g/mol. The molecule has 0 bridgehead atoms. The largest absolute Gasteiger partial charge is 0.491 e. The van der Waals surface area contributed by atoms with Gasteiger partial charge in [0.2, 0.25) is 5.91 Å². The Morgan fingerprint density at radius 1 is 1.15 bits per heavy atom. The van der Waals surface area contributed by atoms with Crippen LogP contribution in [0.3, 0.4) is 0 Å². The van der Waals surface area contributed by atoms with E-state index in [1.807, 2.05) is 19.9 Å². The van der Waals surface area contributed by atoms with E-state index in [0.717, 1.165) is 5.56 Å². The lowest BCUT2D eigenvalue weighted by molar-refractivity contribution is -0.140. The van der Waals surface area contributed by atoms with Crippen LogP contribution in [0.15, 0.2) is 42.5 Å². The third-order valence-corrected chi connectivity index (χ3v) is 5.25. The van der Waals surface area contributed by atoms with Crippen molar-refractivity contribution in [1.29, 1.82) is 0 Å². The van der Waals surface area contributed by atoms with Crippen LogP contribution in [0, 0.1) is 5.92 Å². The fourth-order valence-electron chi connectivity index (χ4n) is 2.89. The highest BCUT2D eigenvalue weighted by Gasteiger charge is 2.38. The van der Waals surface area contributed by atoms with Crippen molar-refractivity contribution in [3.63, 3.8) is 0 Å². The van der Waals surface area contributed by atoms with Crippen LogP contribution in [0.5, 0.6) is 5.75 Å². The molecule has 1 heterocycles. The van der Waals surface area contributed by atoms with E-state index in [1.54, 1.807) is 41.3 Å². The molecule has 0 aromatic heterocycles. The zero-order chi connectivity index (χ0) is 19.6. The molecular weight excluding hydrogens is 409 g/mol. The molecule has 0 aliphatic carbocycles. The topological polar surface area (TPSA) is 38.8 Å².